The van der Waals surface area contributed by atoms with Crippen molar-refractivity contribution in [3.8, 4) is 17.2 Å². The van der Waals surface area contributed by atoms with Crippen LogP contribution in [0.2, 0.25) is 0 Å². The Morgan fingerprint density at radius 2 is 2.09 bits per heavy atom. The summed E-state index contributed by atoms with van der Waals surface area (Å²) in [6.07, 6.45) is 1.83. The van der Waals surface area contributed by atoms with E-state index in [1.165, 1.54) is 0 Å². The van der Waals surface area contributed by atoms with Crippen molar-refractivity contribution < 1.29 is 14.2 Å². The zero-order valence-electron chi connectivity index (χ0n) is 12.8. The summed E-state index contributed by atoms with van der Waals surface area (Å²) in [5, 5.41) is 0.838. The van der Waals surface area contributed by atoms with Crippen molar-refractivity contribution in [3.05, 3.63) is 35.7 Å². The zero-order valence-corrected chi connectivity index (χ0v) is 13.6. The third-order valence-corrected chi connectivity index (χ3v) is 4.55. The average molecular weight is 329 g/mol. The fourth-order valence-corrected chi connectivity index (χ4v) is 3.22. The Hall–Kier alpha value is -2.41. The van der Waals surface area contributed by atoms with Crippen LogP contribution in [0.5, 0.6) is 17.2 Å². The van der Waals surface area contributed by atoms with E-state index < -0.39 is 0 Å². The standard InChI is InChI=1S/C16H15N3O3S/c1-9-6-17-10(3-13(9)20-2)7-23-16-18-11-4-14-15(22-8-21-14)5-12(11)19-16/h3-6H,7-8H2,1-2H3,(H,18,19). The van der Waals surface area contributed by atoms with Gasteiger partial charge < -0.3 is 19.2 Å². The second-order valence-electron chi connectivity index (χ2n) is 5.20. The molecule has 0 unspecified atom stereocenters. The van der Waals surface area contributed by atoms with Crippen molar-refractivity contribution in [1.82, 2.24) is 15.0 Å². The van der Waals surface area contributed by atoms with Gasteiger partial charge in [-0.3, -0.25) is 4.98 Å². The van der Waals surface area contributed by atoms with Crippen LogP contribution in [0, 0.1) is 6.92 Å². The molecule has 0 aliphatic carbocycles. The molecule has 0 atom stereocenters. The first-order valence-electron chi connectivity index (χ1n) is 7.14. The molecule has 1 aliphatic heterocycles. The van der Waals surface area contributed by atoms with Gasteiger partial charge in [0.15, 0.2) is 16.7 Å². The van der Waals surface area contributed by atoms with Gasteiger partial charge in [0, 0.05) is 35.7 Å². The maximum Gasteiger partial charge on any atom is 0.231 e. The van der Waals surface area contributed by atoms with Gasteiger partial charge >= 0.3 is 0 Å². The first kappa shape index (κ1) is 14.2. The Morgan fingerprint density at radius 1 is 1.26 bits per heavy atom. The van der Waals surface area contributed by atoms with Gasteiger partial charge in [0.1, 0.15) is 5.75 Å². The number of methoxy groups -OCH3 is 1. The number of hydrogen-bond acceptors (Lipinski definition) is 6. The zero-order chi connectivity index (χ0) is 15.8. The molecule has 1 aliphatic rings. The monoisotopic (exact) mass is 329 g/mol. The maximum atomic E-state index is 5.38. The number of benzene rings is 1. The molecule has 0 bridgehead atoms. The van der Waals surface area contributed by atoms with Gasteiger partial charge in [0.2, 0.25) is 6.79 Å². The van der Waals surface area contributed by atoms with E-state index in [0.717, 1.165) is 44.7 Å². The van der Waals surface area contributed by atoms with E-state index in [0.29, 0.717) is 5.75 Å². The molecular formula is C16H15N3O3S. The number of rotatable bonds is 4. The van der Waals surface area contributed by atoms with Gasteiger partial charge in [-0.2, -0.15) is 0 Å². The van der Waals surface area contributed by atoms with Crippen LogP contribution in [0.1, 0.15) is 11.3 Å². The molecule has 118 valence electrons. The second-order valence-corrected chi connectivity index (χ2v) is 6.16. The van der Waals surface area contributed by atoms with Gasteiger partial charge in [-0.1, -0.05) is 11.8 Å². The Labute approximate surface area is 137 Å². The van der Waals surface area contributed by atoms with E-state index in [4.69, 9.17) is 14.2 Å². The lowest BCUT2D eigenvalue weighted by Crippen LogP contribution is -1.93. The molecule has 3 aromatic rings. The Bertz CT molecular complexity index is 837. The molecule has 3 heterocycles. The Kier molecular flexibility index (Phi) is 3.49. The molecule has 4 rings (SSSR count). The fourth-order valence-electron chi connectivity index (χ4n) is 2.43. The number of pyridine rings is 1. The van der Waals surface area contributed by atoms with Crippen LogP contribution in [0.3, 0.4) is 0 Å². The summed E-state index contributed by atoms with van der Waals surface area (Å²) in [5.41, 5.74) is 3.78. The predicted octanol–water partition coefficient (Wildman–Crippen LogP) is 3.30. The van der Waals surface area contributed by atoms with E-state index in [9.17, 15) is 0 Å². The van der Waals surface area contributed by atoms with Crippen molar-refractivity contribution in [2.24, 2.45) is 0 Å². The van der Waals surface area contributed by atoms with Crippen molar-refractivity contribution >= 4 is 22.8 Å². The highest BCUT2D eigenvalue weighted by atomic mass is 32.2. The number of aryl methyl sites for hydroxylation is 1. The van der Waals surface area contributed by atoms with Gasteiger partial charge in [0.25, 0.3) is 0 Å². The van der Waals surface area contributed by atoms with Crippen LogP contribution >= 0.6 is 11.8 Å². The third kappa shape index (κ3) is 2.68. The highest BCUT2D eigenvalue weighted by Gasteiger charge is 2.16. The minimum absolute atomic E-state index is 0.268. The summed E-state index contributed by atoms with van der Waals surface area (Å²) in [4.78, 5) is 12.3. The number of H-pyrrole nitrogens is 1. The number of nitrogens with one attached hydrogen (secondary N) is 1. The van der Waals surface area contributed by atoms with Crippen molar-refractivity contribution in [3.63, 3.8) is 0 Å². The number of hydrogen-bond donors (Lipinski definition) is 1. The highest BCUT2D eigenvalue weighted by Crippen LogP contribution is 2.36. The van der Waals surface area contributed by atoms with Crippen molar-refractivity contribution in [2.75, 3.05) is 13.9 Å². The summed E-state index contributed by atoms with van der Waals surface area (Å²) >= 11 is 1.60. The molecule has 2 aromatic heterocycles. The fraction of sp³-hybridized carbons (Fsp3) is 0.250. The van der Waals surface area contributed by atoms with E-state index in [2.05, 4.69) is 15.0 Å². The molecule has 0 spiro atoms. The summed E-state index contributed by atoms with van der Waals surface area (Å²) in [5.74, 6) is 3.06. The van der Waals surface area contributed by atoms with Crippen molar-refractivity contribution in [1.29, 1.82) is 0 Å². The van der Waals surface area contributed by atoms with E-state index in [1.54, 1.807) is 18.9 Å². The molecule has 1 aromatic carbocycles. The second kappa shape index (κ2) is 5.66. The minimum atomic E-state index is 0.268. The van der Waals surface area contributed by atoms with Crippen LogP contribution < -0.4 is 14.2 Å². The van der Waals surface area contributed by atoms with E-state index in [1.807, 2.05) is 31.3 Å². The molecule has 6 nitrogen and oxygen atoms in total. The minimum Gasteiger partial charge on any atom is -0.496 e. The number of fused-ring (bicyclic) bond motifs is 2. The smallest absolute Gasteiger partial charge is 0.231 e. The molecule has 0 saturated heterocycles. The summed E-state index contributed by atoms with van der Waals surface area (Å²) in [7, 11) is 1.67. The van der Waals surface area contributed by atoms with Gasteiger partial charge in [-0.25, -0.2) is 4.98 Å². The molecular weight excluding hydrogens is 314 g/mol. The summed E-state index contributed by atoms with van der Waals surface area (Å²) in [6.45, 7) is 2.25. The van der Waals surface area contributed by atoms with Gasteiger partial charge in [0.05, 0.1) is 23.8 Å². The van der Waals surface area contributed by atoms with Gasteiger partial charge in [-0.15, -0.1) is 0 Å². The lowest BCUT2D eigenvalue weighted by atomic mass is 10.2. The molecule has 0 radical (unpaired) electrons. The number of aromatic nitrogens is 3. The topological polar surface area (TPSA) is 69.3 Å². The quantitative estimate of drug-likeness (QED) is 0.741. The SMILES string of the molecule is COc1cc(CSc2nc3cc4c(cc3[nH]2)OCO4)ncc1C. The van der Waals surface area contributed by atoms with Crippen LogP contribution in [0.4, 0.5) is 0 Å². The number of aromatic amines is 1. The van der Waals surface area contributed by atoms with Crippen LogP contribution in [-0.2, 0) is 5.75 Å². The predicted molar refractivity (Wildman–Crippen MR) is 87.3 cm³/mol. The third-order valence-electron chi connectivity index (χ3n) is 3.64. The number of ether oxygens (including phenoxy) is 3. The Balaban J connectivity index is 1.54. The summed E-state index contributed by atoms with van der Waals surface area (Å²) in [6, 6.07) is 5.77. The van der Waals surface area contributed by atoms with Gasteiger partial charge in [-0.05, 0) is 6.92 Å². The molecule has 23 heavy (non-hydrogen) atoms. The van der Waals surface area contributed by atoms with Crippen LogP contribution in [0.25, 0.3) is 11.0 Å². The van der Waals surface area contributed by atoms with Crippen molar-refractivity contribution in [2.45, 2.75) is 17.8 Å². The number of imidazole rings is 1. The first-order chi connectivity index (χ1) is 11.2. The molecule has 0 saturated carbocycles. The largest absolute Gasteiger partial charge is 0.496 e. The first-order valence-corrected chi connectivity index (χ1v) is 8.13. The number of thioether (sulfide) groups is 1. The normalized spacial score (nSPS) is 12.8. The molecule has 1 N–H and O–H groups in total. The summed E-state index contributed by atoms with van der Waals surface area (Å²) < 4.78 is 16.1. The maximum absolute atomic E-state index is 5.38. The molecule has 0 fully saturated rings. The molecule has 0 amide bonds. The average Bonchev–Trinajstić information content (AvgIpc) is 3.16. The highest BCUT2D eigenvalue weighted by molar-refractivity contribution is 7.98. The van der Waals surface area contributed by atoms with Crippen LogP contribution in [0.15, 0.2) is 29.6 Å². The molecule has 7 heteroatoms. The Morgan fingerprint density at radius 3 is 2.91 bits per heavy atom. The number of nitrogens with zero attached hydrogens (tertiary/aromatic N) is 2. The van der Waals surface area contributed by atoms with E-state index >= 15 is 0 Å². The lowest BCUT2D eigenvalue weighted by Gasteiger charge is -2.05. The van der Waals surface area contributed by atoms with Crippen LogP contribution in [-0.4, -0.2) is 28.9 Å². The van der Waals surface area contributed by atoms with E-state index in [-0.39, 0.29) is 6.79 Å². The lowest BCUT2D eigenvalue weighted by molar-refractivity contribution is 0.174.